The van der Waals surface area contributed by atoms with Crippen molar-refractivity contribution in [3.8, 4) is 11.4 Å². The highest BCUT2D eigenvalue weighted by atomic mass is 35.5. The predicted octanol–water partition coefficient (Wildman–Crippen LogP) is 3.10. The van der Waals surface area contributed by atoms with Crippen LogP contribution >= 0.6 is 11.6 Å². The van der Waals surface area contributed by atoms with Gasteiger partial charge in [0.2, 0.25) is 0 Å². The Labute approximate surface area is 109 Å². The van der Waals surface area contributed by atoms with Crippen LogP contribution in [0, 0.1) is 12.7 Å². The molecule has 5 heteroatoms. The van der Waals surface area contributed by atoms with Crippen molar-refractivity contribution in [1.29, 1.82) is 0 Å². The maximum atomic E-state index is 13.8. The van der Waals surface area contributed by atoms with E-state index in [2.05, 4.69) is 9.97 Å². The topological polar surface area (TPSA) is 45.8 Å². The molecule has 0 radical (unpaired) electrons. The molecule has 0 atom stereocenters. The molecule has 1 aromatic carbocycles. The largest absolute Gasteiger partial charge is 0.306 e. The zero-order valence-corrected chi connectivity index (χ0v) is 10.8. The van der Waals surface area contributed by atoms with E-state index in [9.17, 15) is 9.18 Å². The van der Waals surface area contributed by atoms with Crippen molar-refractivity contribution >= 4 is 11.6 Å². The first-order valence-corrected chi connectivity index (χ1v) is 5.96. The zero-order chi connectivity index (χ0) is 13.3. The molecule has 2 rings (SSSR count). The molecule has 0 unspecified atom stereocenters. The van der Waals surface area contributed by atoms with Gasteiger partial charge in [0.15, 0.2) is 5.82 Å². The summed E-state index contributed by atoms with van der Waals surface area (Å²) >= 11 is 5.71. The first kappa shape index (κ1) is 12.8. The van der Waals surface area contributed by atoms with E-state index in [1.165, 1.54) is 12.1 Å². The number of hydrogen-bond donors (Lipinski definition) is 1. The quantitative estimate of drug-likeness (QED) is 0.908. The normalized spacial score (nSPS) is 10.7. The molecule has 3 nitrogen and oxygen atoms in total. The summed E-state index contributed by atoms with van der Waals surface area (Å²) in [6.07, 6.45) is 0.590. The van der Waals surface area contributed by atoms with Crippen LogP contribution in [0.25, 0.3) is 11.4 Å². The third kappa shape index (κ3) is 2.16. The highest BCUT2D eigenvalue weighted by molar-refractivity contribution is 6.31. The molecule has 0 aliphatic carbocycles. The molecule has 1 heterocycles. The number of hydrogen-bond acceptors (Lipinski definition) is 2. The van der Waals surface area contributed by atoms with Gasteiger partial charge in [-0.2, -0.15) is 0 Å². The van der Waals surface area contributed by atoms with Crippen LogP contribution < -0.4 is 5.56 Å². The van der Waals surface area contributed by atoms with E-state index in [0.717, 1.165) is 0 Å². The zero-order valence-electron chi connectivity index (χ0n) is 10.1. The summed E-state index contributed by atoms with van der Waals surface area (Å²) < 4.78 is 13.8. The van der Waals surface area contributed by atoms with Gasteiger partial charge in [-0.3, -0.25) is 4.79 Å². The number of nitrogens with zero attached hydrogens (tertiary/aromatic N) is 1. The molecule has 0 amide bonds. The number of H-pyrrole nitrogens is 1. The number of aromatic amines is 1. The van der Waals surface area contributed by atoms with Crippen molar-refractivity contribution in [1.82, 2.24) is 9.97 Å². The van der Waals surface area contributed by atoms with Crippen LogP contribution in [0.4, 0.5) is 4.39 Å². The standard InChI is InChI=1S/C13H12ClFN2O/c1-3-8-7(2)16-12(17-13(8)18)9-5-4-6-10(14)11(9)15/h4-6H,3H2,1-2H3,(H,16,17,18). The maximum Gasteiger partial charge on any atom is 0.254 e. The molecule has 18 heavy (non-hydrogen) atoms. The molecular formula is C13H12ClFN2O. The van der Waals surface area contributed by atoms with E-state index >= 15 is 0 Å². The summed E-state index contributed by atoms with van der Waals surface area (Å²) in [5, 5.41) is 0.00682. The molecule has 0 saturated carbocycles. The van der Waals surface area contributed by atoms with E-state index in [-0.39, 0.29) is 22.0 Å². The van der Waals surface area contributed by atoms with Crippen molar-refractivity contribution in [2.24, 2.45) is 0 Å². The number of nitrogens with one attached hydrogen (secondary N) is 1. The van der Waals surface area contributed by atoms with Crippen LogP contribution in [0.15, 0.2) is 23.0 Å². The van der Waals surface area contributed by atoms with E-state index in [1.807, 2.05) is 6.92 Å². The number of benzene rings is 1. The highest BCUT2D eigenvalue weighted by Crippen LogP contribution is 2.24. The van der Waals surface area contributed by atoms with Gasteiger partial charge in [-0.15, -0.1) is 0 Å². The fourth-order valence-corrected chi connectivity index (χ4v) is 2.02. The van der Waals surface area contributed by atoms with Crippen molar-refractivity contribution in [3.63, 3.8) is 0 Å². The summed E-state index contributed by atoms with van der Waals surface area (Å²) in [5.74, 6) is -0.374. The van der Waals surface area contributed by atoms with Gasteiger partial charge in [0.25, 0.3) is 5.56 Å². The first-order valence-electron chi connectivity index (χ1n) is 5.58. The Kier molecular flexibility index (Phi) is 3.48. The molecule has 2 aromatic rings. The summed E-state index contributed by atoms with van der Waals surface area (Å²) in [6.45, 7) is 3.61. The van der Waals surface area contributed by atoms with Crippen molar-refractivity contribution < 1.29 is 4.39 Å². The number of rotatable bonds is 2. The molecule has 0 aliphatic rings. The Morgan fingerprint density at radius 2 is 2.17 bits per heavy atom. The van der Waals surface area contributed by atoms with Crippen LogP contribution in [0.3, 0.4) is 0 Å². The molecule has 1 aromatic heterocycles. The molecular weight excluding hydrogens is 255 g/mol. The average molecular weight is 267 g/mol. The lowest BCUT2D eigenvalue weighted by Crippen LogP contribution is -2.17. The van der Waals surface area contributed by atoms with E-state index in [1.54, 1.807) is 13.0 Å². The average Bonchev–Trinajstić information content (AvgIpc) is 2.32. The number of aromatic nitrogens is 2. The van der Waals surface area contributed by atoms with E-state index < -0.39 is 5.82 Å². The lowest BCUT2D eigenvalue weighted by Gasteiger charge is -2.07. The lowest BCUT2D eigenvalue weighted by molar-refractivity contribution is 0.630. The monoisotopic (exact) mass is 266 g/mol. The second-order valence-corrected chi connectivity index (χ2v) is 4.34. The van der Waals surface area contributed by atoms with Crippen molar-refractivity contribution in [2.75, 3.05) is 0 Å². The minimum absolute atomic E-state index is 0.00682. The predicted molar refractivity (Wildman–Crippen MR) is 69.4 cm³/mol. The maximum absolute atomic E-state index is 13.8. The Hall–Kier alpha value is -1.68. The van der Waals surface area contributed by atoms with Crippen LogP contribution in [0.1, 0.15) is 18.2 Å². The van der Waals surface area contributed by atoms with Gasteiger partial charge in [0.1, 0.15) is 5.82 Å². The van der Waals surface area contributed by atoms with Crippen molar-refractivity contribution in [2.45, 2.75) is 20.3 Å². The molecule has 0 saturated heterocycles. The van der Waals surface area contributed by atoms with Gasteiger partial charge in [0.05, 0.1) is 10.6 Å². The highest BCUT2D eigenvalue weighted by Gasteiger charge is 2.13. The Morgan fingerprint density at radius 1 is 1.44 bits per heavy atom. The first-order chi connectivity index (χ1) is 8.54. The fraction of sp³-hybridized carbons (Fsp3) is 0.231. The van der Waals surface area contributed by atoms with Crippen LogP contribution in [0.2, 0.25) is 5.02 Å². The second-order valence-electron chi connectivity index (χ2n) is 3.93. The minimum atomic E-state index is -0.578. The van der Waals surface area contributed by atoms with Crippen LogP contribution in [0.5, 0.6) is 0 Å². The molecule has 1 N–H and O–H groups in total. The summed E-state index contributed by atoms with van der Waals surface area (Å²) in [5.41, 5.74) is 1.18. The van der Waals surface area contributed by atoms with E-state index in [4.69, 9.17) is 11.6 Å². The fourth-order valence-electron chi connectivity index (χ4n) is 1.84. The summed E-state index contributed by atoms with van der Waals surface area (Å²) in [4.78, 5) is 18.6. The smallest absolute Gasteiger partial charge is 0.254 e. The molecule has 94 valence electrons. The van der Waals surface area contributed by atoms with Gasteiger partial charge in [0, 0.05) is 11.3 Å². The minimum Gasteiger partial charge on any atom is -0.306 e. The third-order valence-electron chi connectivity index (χ3n) is 2.78. The third-order valence-corrected chi connectivity index (χ3v) is 3.07. The van der Waals surface area contributed by atoms with Gasteiger partial charge in [-0.25, -0.2) is 9.37 Å². The number of aryl methyl sites for hydroxylation is 1. The summed E-state index contributed by atoms with van der Waals surface area (Å²) in [6, 6.07) is 4.60. The van der Waals surface area contributed by atoms with Crippen LogP contribution in [-0.4, -0.2) is 9.97 Å². The van der Waals surface area contributed by atoms with E-state index in [0.29, 0.717) is 17.7 Å². The van der Waals surface area contributed by atoms with Gasteiger partial charge < -0.3 is 4.98 Å². The number of halogens is 2. The Morgan fingerprint density at radius 3 is 2.78 bits per heavy atom. The van der Waals surface area contributed by atoms with Gasteiger partial charge in [-0.1, -0.05) is 24.6 Å². The molecule has 0 bridgehead atoms. The lowest BCUT2D eigenvalue weighted by atomic mass is 10.1. The summed E-state index contributed by atoms with van der Waals surface area (Å²) in [7, 11) is 0. The second kappa shape index (κ2) is 4.90. The Bertz CT molecular complexity index is 652. The molecule has 0 spiro atoms. The van der Waals surface area contributed by atoms with Crippen LogP contribution in [-0.2, 0) is 6.42 Å². The Balaban J connectivity index is 2.66. The molecule has 0 aliphatic heterocycles. The van der Waals surface area contributed by atoms with Crippen molar-refractivity contribution in [3.05, 3.63) is 50.7 Å². The SMILES string of the molecule is CCc1c(C)nc(-c2cccc(Cl)c2F)[nH]c1=O. The molecule has 0 fully saturated rings. The van der Waals surface area contributed by atoms with Gasteiger partial charge >= 0.3 is 0 Å². The van der Waals surface area contributed by atoms with Gasteiger partial charge in [-0.05, 0) is 25.5 Å².